The molecular formula is C11H18ClF2NO. The van der Waals surface area contributed by atoms with Crippen LogP contribution in [0.3, 0.4) is 0 Å². The minimum atomic E-state index is -2.72. The molecule has 2 atom stereocenters. The second-order valence-electron chi connectivity index (χ2n) is 4.46. The van der Waals surface area contributed by atoms with Gasteiger partial charge in [-0.3, -0.25) is 4.79 Å². The van der Waals surface area contributed by atoms with Crippen LogP contribution >= 0.6 is 11.6 Å². The molecule has 1 rings (SSSR count). The van der Waals surface area contributed by atoms with E-state index < -0.39 is 17.2 Å². The Morgan fingerprint density at radius 3 is 2.75 bits per heavy atom. The van der Waals surface area contributed by atoms with Crippen LogP contribution in [0.5, 0.6) is 0 Å². The Hall–Kier alpha value is -0.380. The van der Waals surface area contributed by atoms with Crippen LogP contribution in [-0.2, 0) is 4.79 Å². The summed E-state index contributed by atoms with van der Waals surface area (Å²) in [5.41, 5.74) is 0. The molecule has 0 N–H and O–H groups in total. The van der Waals surface area contributed by atoms with Crippen LogP contribution in [0, 0.1) is 5.92 Å². The molecule has 0 aliphatic carbocycles. The van der Waals surface area contributed by atoms with Gasteiger partial charge in [-0.25, -0.2) is 8.78 Å². The van der Waals surface area contributed by atoms with Gasteiger partial charge in [0.15, 0.2) is 0 Å². The lowest BCUT2D eigenvalue weighted by molar-refractivity contribution is -0.136. The second kappa shape index (κ2) is 5.30. The number of amides is 1. The minimum absolute atomic E-state index is 0.131. The molecule has 1 heterocycles. The Bertz CT molecular complexity index is 255. The van der Waals surface area contributed by atoms with Crippen molar-refractivity contribution >= 4 is 17.5 Å². The number of likely N-dealkylation sites (tertiary alicyclic amines) is 1. The summed E-state index contributed by atoms with van der Waals surface area (Å²) < 4.78 is 26.3. The largest absolute Gasteiger partial charge is 0.341 e. The molecule has 0 aromatic rings. The van der Waals surface area contributed by atoms with E-state index in [-0.39, 0.29) is 12.5 Å². The van der Waals surface area contributed by atoms with E-state index in [0.29, 0.717) is 25.8 Å². The van der Waals surface area contributed by atoms with Gasteiger partial charge in [0.1, 0.15) is 5.38 Å². The van der Waals surface area contributed by atoms with Crippen molar-refractivity contribution in [3.63, 3.8) is 0 Å². The monoisotopic (exact) mass is 253 g/mol. The van der Waals surface area contributed by atoms with Gasteiger partial charge < -0.3 is 4.90 Å². The maximum atomic E-state index is 13.2. The van der Waals surface area contributed by atoms with E-state index in [1.54, 1.807) is 0 Å². The highest BCUT2D eigenvalue weighted by Gasteiger charge is 2.38. The van der Waals surface area contributed by atoms with E-state index in [2.05, 4.69) is 0 Å². The molecule has 94 valence electrons. The summed E-state index contributed by atoms with van der Waals surface area (Å²) in [7, 11) is 0. The minimum Gasteiger partial charge on any atom is -0.341 e. The van der Waals surface area contributed by atoms with Crippen LogP contribution < -0.4 is 0 Å². The number of alkyl halides is 3. The van der Waals surface area contributed by atoms with E-state index in [4.69, 9.17) is 11.6 Å². The molecule has 0 aromatic heterocycles. The molecule has 1 amide bonds. The van der Waals surface area contributed by atoms with Crippen LogP contribution in [0.2, 0.25) is 0 Å². The summed E-state index contributed by atoms with van der Waals surface area (Å²) in [4.78, 5) is 13.2. The smallest absolute Gasteiger partial charge is 0.249 e. The molecule has 0 radical (unpaired) electrons. The molecule has 0 unspecified atom stereocenters. The molecule has 1 aliphatic rings. The first kappa shape index (κ1) is 13.7. The lowest BCUT2D eigenvalue weighted by atomic mass is 9.92. The molecule has 16 heavy (non-hydrogen) atoms. The molecule has 1 fully saturated rings. The summed E-state index contributed by atoms with van der Waals surface area (Å²) in [6.45, 7) is 3.41. The highest BCUT2D eigenvalue weighted by molar-refractivity contribution is 6.30. The molecule has 0 saturated carbocycles. The van der Waals surface area contributed by atoms with Gasteiger partial charge in [0.2, 0.25) is 11.8 Å². The fourth-order valence-corrected chi connectivity index (χ4v) is 2.10. The van der Waals surface area contributed by atoms with Crippen LogP contribution in [-0.4, -0.2) is 35.2 Å². The third-order valence-corrected chi connectivity index (χ3v) is 3.57. The van der Waals surface area contributed by atoms with Crippen molar-refractivity contribution in [3.05, 3.63) is 0 Å². The summed E-state index contributed by atoms with van der Waals surface area (Å²) in [5.74, 6) is -3.66. The van der Waals surface area contributed by atoms with E-state index in [0.717, 1.165) is 6.92 Å². The van der Waals surface area contributed by atoms with E-state index in [9.17, 15) is 13.6 Å². The van der Waals surface area contributed by atoms with Crippen molar-refractivity contribution in [1.82, 2.24) is 4.90 Å². The molecule has 5 heteroatoms. The summed E-state index contributed by atoms with van der Waals surface area (Å²) in [6, 6.07) is 0. The molecule has 1 saturated heterocycles. The van der Waals surface area contributed by atoms with Gasteiger partial charge >= 0.3 is 0 Å². The molecule has 0 bridgehead atoms. The Morgan fingerprint density at radius 2 is 2.25 bits per heavy atom. The van der Waals surface area contributed by atoms with Crippen LogP contribution in [0.25, 0.3) is 0 Å². The predicted molar refractivity (Wildman–Crippen MR) is 59.9 cm³/mol. The molecule has 1 aliphatic heterocycles. The summed E-state index contributed by atoms with van der Waals surface area (Å²) >= 11 is 5.83. The zero-order chi connectivity index (χ0) is 12.3. The number of halogens is 3. The van der Waals surface area contributed by atoms with Crippen LogP contribution in [0.1, 0.15) is 33.1 Å². The number of piperidine rings is 1. The molecular weight excluding hydrogens is 236 g/mol. The highest BCUT2D eigenvalue weighted by atomic mass is 35.5. The number of hydrogen-bond acceptors (Lipinski definition) is 1. The van der Waals surface area contributed by atoms with Gasteiger partial charge in [-0.15, -0.1) is 11.6 Å². The van der Waals surface area contributed by atoms with Gasteiger partial charge in [-0.2, -0.15) is 0 Å². The predicted octanol–water partition coefficient (Wildman–Crippen LogP) is 2.90. The fourth-order valence-electron chi connectivity index (χ4n) is 1.96. The first-order valence-corrected chi connectivity index (χ1v) is 6.10. The van der Waals surface area contributed by atoms with Gasteiger partial charge in [-0.1, -0.05) is 6.92 Å². The lowest BCUT2D eigenvalue weighted by Gasteiger charge is -2.36. The number of rotatable bonds is 3. The second-order valence-corrected chi connectivity index (χ2v) is 4.98. The fraction of sp³-hybridized carbons (Fsp3) is 0.909. The Labute approximate surface area is 99.9 Å². The molecule has 2 nitrogen and oxygen atoms in total. The standard InChI is InChI=1S/C11H18ClF2NO/c1-3-9(12)10(16)15-6-4-5-8(7-15)11(2,13)14/h8-9H,3-7H2,1-2H3/t8-,9-/m0/s1. The third kappa shape index (κ3) is 3.30. The van der Waals surface area contributed by atoms with Crippen molar-refractivity contribution in [1.29, 1.82) is 0 Å². The van der Waals surface area contributed by atoms with Crippen molar-refractivity contribution in [3.8, 4) is 0 Å². The maximum Gasteiger partial charge on any atom is 0.249 e. The summed E-state index contributed by atoms with van der Waals surface area (Å²) in [6.07, 6.45) is 1.64. The zero-order valence-electron chi connectivity index (χ0n) is 9.68. The average molecular weight is 254 g/mol. The van der Waals surface area contributed by atoms with Crippen molar-refractivity contribution in [2.24, 2.45) is 5.92 Å². The number of carbonyl (C=O) groups is 1. The summed E-state index contributed by atoms with van der Waals surface area (Å²) in [5, 5.41) is -0.579. The van der Waals surface area contributed by atoms with Gasteiger partial charge in [0.25, 0.3) is 0 Å². The first-order valence-electron chi connectivity index (χ1n) is 5.67. The van der Waals surface area contributed by atoms with Crippen molar-refractivity contribution < 1.29 is 13.6 Å². The first-order chi connectivity index (χ1) is 7.36. The molecule has 0 aromatic carbocycles. The van der Waals surface area contributed by atoms with E-state index >= 15 is 0 Å². The average Bonchev–Trinajstić information content (AvgIpc) is 2.26. The van der Waals surface area contributed by atoms with Gasteiger partial charge in [0, 0.05) is 19.0 Å². The van der Waals surface area contributed by atoms with Crippen molar-refractivity contribution in [2.75, 3.05) is 13.1 Å². The quantitative estimate of drug-likeness (QED) is 0.709. The highest BCUT2D eigenvalue weighted by Crippen LogP contribution is 2.31. The van der Waals surface area contributed by atoms with E-state index in [1.807, 2.05) is 6.92 Å². The Kier molecular flexibility index (Phi) is 4.53. The van der Waals surface area contributed by atoms with Crippen LogP contribution in [0.15, 0.2) is 0 Å². The zero-order valence-corrected chi connectivity index (χ0v) is 10.4. The number of carbonyl (C=O) groups excluding carboxylic acids is 1. The Balaban J connectivity index is 2.60. The topological polar surface area (TPSA) is 20.3 Å². The number of nitrogens with zero attached hydrogens (tertiary/aromatic N) is 1. The van der Waals surface area contributed by atoms with Gasteiger partial charge in [0.05, 0.1) is 0 Å². The van der Waals surface area contributed by atoms with Gasteiger partial charge in [-0.05, 0) is 26.2 Å². The van der Waals surface area contributed by atoms with Crippen LogP contribution in [0.4, 0.5) is 8.78 Å². The SMILES string of the molecule is CC[C@H](Cl)C(=O)N1CCC[C@H](C(C)(F)F)C1. The molecule has 0 spiro atoms. The van der Waals surface area contributed by atoms with E-state index in [1.165, 1.54) is 4.90 Å². The maximum absolute atomic E-state index is 13.2. The normalized spacial score (nSPS) is 24.3. The third-order valence-electron chi connectivity index (χ3n) is 3.08. The van der Waals surface area contributed by atoms with Crippen molar-refractivity contribution in [2.45, 2.75) is 44.4 Å². The number of hydrogen-bond donors (Lipinski definition) is 0. The lowest BCUT2D eigenvalue weighted by Crippen LogP contribution is -2.47. The Morgan fingerprint density at radius 1 is 1.62 bits per heavy atom.